The van der Waals surface area contributed by atoms with Crippen molar-refractivity contribution in [3.8, 4) is 0 Å². The molecule has 2 rings (SSSR count). The summed E-state index contributed by atoms with van der Waals surface area (Å²) in [5.41, 5.74) is -1.81. The molecule has 1 fully saturated rings. The Morgan fingerprint density at radius 1 is 1.41 bits per heavy atom. The fourth-order valence-electron chi connectivity index (χ4n) is 3.55. The van der Waals surface area contributed by atoms with E-state index in [-0.39, 0.29) is 30.6 Å². The summed E-state index contributed by atoms with van der Waals surface area (Å²) in [7, 11) is 0. The van der Waals surface area contributed by atoms with Crippen LogP contribution in [0.2, 0.25) is 0 Å². The number of nitrogens with zero attached hydrogens (tertiary/aromatic N) is 2. The molecule has 1 saturated heterocycles. The summed E-state index contributed by atoms with van der Waals surface area (Å²) in [6, 6.07) is 2.24. The number of hydrogen-bond acceptors (Lipinski definition) is 5. The molecule has 0 aromatic heterocycles. The van der Waals surface area contributed by atoms with Crippen LogP contribution in [-0.4, -0.2) is 48.0 Å². The molecule has 0 spiro atoms. The van der Waals surface area contributed by atoms with Crippen LogP contribution in [0.1, 0.15) is 38.7 Å². The lowest BCUT2D eigenvalue weighted by Gasteiger charge is -2.32. The lowest BCUT2D eigenvalue weighted by molar-refractivity contribution is -0.384. The summed E-state index contributed by atoms with van der Waals surface area (Å²) in [5, 5.41) is 16.6. The van der Waals surface area contributed by atoms with Crippen molar-refractivity contribution in [2.24, 2.45) is 5.92 Å². The minimum absolute atomic E-state index is 0.0341. The van der Waals surface area contributed by atoms with Crippen molar-refractivity contribution in [3.05, 3.63) is 33.9 Å². The van der Waals surface area contributed by atoms with Crippen LogP contribution in [0.3, 0.4) is 0 Å². The quantitative estimate of drug-likeness (QED) is 0.499. The number of benzene rings is 1. The largest absolute Gasteiger partial charge is 0.416 e. The SMILES string of the molecule is CC1CCCN(CC(C)NC(=O)CCNc2ccc(C(F)(F)F)cc2[N+](=O)[O-])C1. The van der Waals surface area contributed by atoms with Gasteiger partial charge < -0.3 is 15.5 Å². The standard InChI is InChI=1S/C19H27F3N4O3/c1-13-4-3-9-25(11-13)12-14(2)24-18(27)7-8-23-16-6-5-15(19(20,21)22)10-17(16)26(28)29/h5-6,10,13-14,23H,3-4,7-9,11-12H2,1-2H3,(H,24,27). The maximum Gasteiger partial charge on any atom is 0.416 e. The number of carbonyl (C=O) groups excluding carboxylic acids is 1. The molecule has 29 heavy (non-hydrogen) atoms. The van der Waals surface area contributed by atoms with Gasteiger partial charge in [-0.25, -0.2) is 0 Å². The van der Waals surface area contributed by atoms with Crippen LogP contribution in [0.25, 0.3) is 0 Å². The number of likely N-dealkylation sites (tertiary alicyclic amines) is 1. The summed E-state index contributed by atoms with van der Waals surface area (Å²) in [6.45, 7) is 7.00. The Hall–Kier alpha value is -2.36. The number of alkyl halides is 3. The van der Waals surface area contributed by atoms with E-state index in [1.807, 2.05) is 6.92 Å². The van der Waals surface area contributed by atoms with Gasteiger partial charge in [0.25, 0.3) is 5.69 Å². The molecule has 1 aromatic rings. The number of nitro benzene ring substituents is 1. The maximum atomic E-state index is 12.7. The van der Waals surface area contributed by atoms with Gasteiger partial charge in [-0.3, -0.25) is 14.9 Å². The first-order valence-electron chi connectivity index (χ1n) is 9.67. The predicted octanol–water partition coefficient (Wildman–Crippen LogP) is 3.65. The van der Waals surface area contributed by atoms with Crippen molar-refractivity contribution in [2.75, 3.05) is 31.5 Å². The second kappa shape index (κ2) is 9.91. The van der Waals surface area contributed by atoms with Crippen LogP contribution in [-0.2, 0) is 11.0 Å². The molecule has 7 nitrogen and oxygen atoms in total. The number of nitrogens with one attached hydrogen (secondary N) is 2. The Morgan fingerprint density at radius 2 is 2.14 bits per heavy atom. The molecule has 2 unspecified atom stereocenters. The smallest absolute Gasteiger partial charge is 0.379 e. The topological polar surface area (TPSA) is 87.5 Å². The lowest BCUT2D eigenvalue weighted by Crippen LogP contribution is -2.45. The highest BCUT2D eigenvalue weighted by atomic mass is 19.4. The molecule has 1 aliphatic rings. The van der Waals surface area contributed by atoms with Crippen molar-refractivity contribution in [2.45, 2.75) is 45.3 Å². The highest BCUT2D eigenvalue weighted by molar-refractivity contribution is 5.77. The monoisotopic (exact) mass is 416 g/mol. The number of halogens is 3. The summed E-state index contributed by atoms with van der Waals surface area (Å²) in [6.07, 6.45) is -2.24. The predicted molar refractivity (Wildman–Crippen MR) is 104 cm³/mol. The number of carbonyl (C=O) groups is 1. The van der Waals surface area contributed by atoms with Gasteiger partial charge in [-0.15, -0.1) is 0 Å². The molecular weight excluding hydrogens is 389 g/mol. The van der Waals surface area contributed by atoms with E-state index in [1.165, 1.54) is 6.42 Å². The number of rotatable bonds is 8. The molecule has 2 atom stereocenters. The van der Waals surface area contributed by atoms with Crippen LogP contribution < -0.4 is 10.6 Å². The molecular formula is C19H27F3N4O3. The minimum Gasteiger partial charge on any atom is -0.379 e. The second-order valence-electron chi connectivity index (χ2n) is 7.64. The molecule has 0 radical (unpaired) electrons. The van der Waals surface area contributed by atoms with E-state index in [2.05, 4.69) is 22.5 Å². The molecule has 0 aliphatic carbocycles. The molecule has 1 heterocycles. The lowest BCUT2D eigenvalue weighted by atomic mass is 10.00. The number of piperidine rings is 1. The minimum atomic E-state index is -4.66. The van der Waals surface area contributed by atoms with Crippen molar-refractivity contribution < 1.29 is 22.9 Å². The van der Waals surface area contributed by atoms with Crippen molar-refractivity contribution in [1.29, 1.82) is 0 Å². The van der Waals surface area contributed by atoms with Gasteiger partial charge in [0.15, 0.2) is 0 Å². The molecule has 10 heteroatoms. The highest BCUT2D eigenvalue weighted by Gasteiger charge is 2.33. The molecule has 1 aromatic carbocycles. The average molecular weight is 416 g/mol. The van der Waals surface area contributed by atoms with E-state index in [9.17, 15) is 28.1 Å². The van der Waals surface area contributed by atoms with Crippen molar-refractivity contribution in [3.63, 3.8) is 0 Å². The third-order valence-corrected chi connectivity index (χ3v) is 4.87. The van der Waals surface area contributed by atoms with E-state index in [1.54, 1.807) is 0 Å². The molecule has 2 N–H and O–H groups in total. The van der Waals surface area contributed by atoms with Crippen LogP contribution >= 0.6 is 0 Å². The first kappa shape index (κ1) is 22.9. The Balaban J connectivity index is 1.82. The fourth-order valence-corrected chi connectivity index (χ4v) is 3.55. The first-order valence-corrected chi connectivity index (χ1v) is 9.67. The third kappa shape index (κ3) is 7.19. The zero-order valence-corrected chi connectivity index (χ0v) is 16.6. The van der Waals surface area contributed by atoms with E-state index in [0.717, 1.165) is 38.2 Å². The van der Waals surface area contributed by atoms with Crippen LogP contribution in [0.5, 0.6) is 0 Å². The van der Waals surface area contributed by atoms with Crippen molar-refractivity contribution >= 4 is 17.3 Å². The Morgan fingerprint density at radius 3 is 2.76 bits per heavy atom. The molecule has 0 bridgehead atoms. The van der Waals surface area contributed by atoms with Gasteiger partial charge in [0.05, 0.1) is 10.5 Å². The summed E-state index contributed by atoms with van der Waals surface area (Å²) >= 11 is 0. The summed E-state index contributed by atoms with van der Waals surface area (Å²) < 4.78 is 38.2. The van der Waals surface area contributed by atoms with E-state index < -0.39 is 22.4 Å². The van der Waals surface area contributed by atoms with E-state index in [4.69, 9.17) is 0 Å². The second-order valence-corrected chi connectivity index (χ2v) is 7.64. The fraction of sp³-hybridized carbons (Fsp3) is 0.632. The van der Waals surface area contributed by atoms with Gasteiger partial charge in [-0.05, 0) is 44.4 Å². The summed E-state index contributed by atoms with van der Waals surface area (Å²) in [5.74, 6) is 0.431. The van der Waals surface area contributed by atoms with Crippen molar-refractivity contribution in [1.82, 2.24) is 10.2 Å². The van der Waals surface area contributed by atoms with E-state index in [0.29, 0.717) is 12.0 Å². The van der Waals surface area contributed by atoms with Gasteiger partial charge in [0.1, 0.15) is 5.69 Å². The molecule has 0 saturated carbocycles. The molecule has 1 amide bonds. The normalized spacial score (nSPS) is 18.9. The maximum absolute atomic E-state index is 12.7. The Bertz CT molecular complexity index is 727. The first-order chi connectivity index (χ1) is 13.6. The number of nitro groups is 1. The molecule has 162 valence electrons. The van der Waals surface area contributed by atoms with Gasteiger partial charge in [-0.2, -0.15) is 13.2 Å². The van der Waals surface area contributed by atoms with E-state index >= 15 is 0 Å². The number of hydrogen-bond donors (Lipinski definition) is 2. The Labute approximate surface area is 167 Å². The van der Waals surface area contributed by atoms with Crippen LogP contribution in [0, 0.1) is 16.0 Å². The zero-order valence-electron chi connectivity index (χ0n) is 16.6. The number of amides is 1. The van der Waals surface area contributed by atoms with Gasteiger partial charge in [0.2, 0.25) is 5.91 Å². The van der Waals surface area contributed by atoms with Gasteiger partial charge >= 0.3 is 6.18 Å². The average Bonchev–Trinajstić information content (AvgIpc) is 2.60. The molecule has 1 aliphatic heterocycles. The zero-order chi connectivity index (χ0) is 21.6. The van der Waals surface area contributed by atoms with Gasteiger partial charge in [-0.1, -0.05) is 6.92 Å². The number of anilines is 1. The van der Waals surface area contributed by atoms with Crippen LogP contribution in [0.15, 0.2) is 18.2 Å². The van der Waals surface area contributed by atoms with Gasteiger partial charge in [0, 0.05) is 38.2 Å². The third-order valence-electron chi connectivity index (χ3n) is 4.87. The van der Waals surface area contributed by atoms with Crippen LogP contribution in [0.4, 0.5) is 24.5 Å². The Kier molecular flexibility index (Phi) is 7.83. The summed E-state index contributed by atoms with van der Waals surface area (Å²) in [4.78, 5) is 24.6. The highest BCUT2D eigenvalue weighted by Crippen LogP contribution is 2.34.